The van der Waals surface area contributed by atoms with E-state index in [9.17, 15) is 4.79 Å². The molecule has 0 spiro atoms. The largest absolute Gasteiger partial charge is 0.356 e. The molecule has 1 atom stereocenters. The first kappa shape index (κ1) is 11.0. The third kappa shape index (κ3) is 7.10. The predicted octanol–water partition coefficient (Wildman–Crippen LogP) is 0.253. The van der Waals surface area contributed by atoms with Gasteiger partial charge in [0.25, 0.3) is 0 Å². The maximum Gasteiger partial charge on any atom is 0.220 e. The summed E-state index contributed by atoms with van der Waals surface area (Å²) in [4.78, 5) is 10.9. The van der Waals surface area contributed by atoms with E-state index < -0.39 is 0 Å². The van der Waals surface area contributed by atoms with Crippen molar-refractivity contribution in [2.24, 2.45) is 5.73 Å². The van der Waals surface area contributed by atoms with E-state index in [0.29, 0.717) is 19.4 Å². The zero-order valence-corrected chi connectivity index (χ0v) is 7.47. The van der Waals surface area contributed by atoms with Gasteiger partial charge in [-0.3, -0.25) is 4.79 Å². The van der Waals surface area contributed by atoms with Crippen molar-refractivity contribution in [3.05, 3.63) is 0 Å². The Morgan fingerprint density at radius 1 is 1.75 bits per heavy atom. The van der Waals surface area contributed by atoms with Crippen molar-refractivity contribution in [1.82, 2.24) is 5.32 Å². The summed E-state index contributed by atoms with van der Waals surface area (Å²) in [6, 6.07) is 0.137. The molecule has 12 heavy (non-hydrogen) atoms. The van der Waals surface area contributed by atoms with Crippen LogP contribution in [0.2, 0.25) is 0 Å². The summed E-state index contributed by atoms with van der Waals surface area (Å²) in [5, 5.41) is 2.73. The van der Waals surface area contributed by atoms with Gasteiger partial charge in [-0.15, -0.1) is 12.3 Å². The van der Waals surface area contributed by atoms with Crippen LogP contribution in [0.1, 0.15) is 26.2 Å². The summed E-state index contributed by atoms with van der Waals surface area (Å²) in [7, 11) is 0. The minimum absolute atomic E-state index is 0.00796. The molecule has 0 aromatic carbocycles. The average Bonchev–Trinajstić information content (AvgIpc) is 2.00. The van der Waals surface area contributed by atoms with Gasteiger partial charge >= 0.3 is 0 Å². The SMILES string of the molecule is C#CCCC(=O)NCCC(C)N. The molecule has 0 fully saturated rings. The van der Waals surface area contributed by atoms with Gasteiger partial charge in [0, 0.05) is 25.4 Å². The van der Waals surface area contributed by atoms with Gasteiger partial charge in [0.05, 0.1) is 0 Å². The van der Waals surface area contributed by atoms with Crippen molar-refractivity contribution in [3.63, 3.8) is 0 Å². The molecule has 68 valence electrons. The van der Waals surface area contributed by atoms with Crippen LogP contribution in [0, 0.1) is 12.3 Å². The fraction of sp³-hybridized carbons (Fsp3) is 0.667. The predicted molar refractivity (Wildman–Crippen MR) is 49.3 cm³/mol. The Balaban J connectivity index is 3.27. The van der Waals surface area contributed by atoms with Crippen LogP contribution in [-0.4, -0.2) is 18.5 Å². The maximum atomic E-state index is 10.9. The number of carbonyl (C=O) groups excluding carboxylic acids is 1. The summed E-state index contributed by atoms with van der Waals surface area (Å²) < 4.78 is 0. The molecule has 0 aromatic heterocycles. The molecule has 3 N–H and O–H groups in total. The van der Waals surface area contributed by atoms with Crippen molar-refractivity contribution in [3.8, 4) is 12.3 Å². The molecule has 1 unspecified atom stereocenters. The monoisotopic (exact) mass is 168 g/mol. The van der Waals surface area contributed by atoms with Crippen molar-refractivity contribution in [1.29, 1.82) is 0 Å². The Kier molecular flexibility index (Phi) is 6.12. The lowest BCUT2D eigenvalue weighted by Gasteiger charge is -2.05. The zero-order valence-electron chi connectivity index (χ0n) is 7.47. The van der Waals surface area contributed by atoms with Crippen molar-refractivity contribution < 1.29 is 4.79 Å². The second kappa shape index (κ2) is 6.68. The number of nitrogens with one attached hydrogen (secondary N) is 1. The van der Waals surface area contributed by atoms with Gasteiger partial charge in [-0.1, -0.05) is 0 Å². The molecular weight excluding hydrogens is 152 g/mol. The minimum Gasteiger partial charge on any atom is -0.356 e. The Morgan fingerprint density at radius 3 is 2.92 bits per heavy atom. The van der Waals surface area contributed by atoms with E-state index >= 15 is 0 Å². The smallest absolute Gasteiger partial charge is 0.220 e. The first-order valence-electron chi connectivity index (χ1n) is 4.12. The average molecular weight is 168 g/mol. The number of terminal acetylenes is 1. The number of hydrogen-bond acceptors (Lipinski definition) is 2. The van der Waals surface area contributed by atoms with Gasteiger partial charge in [-0.2, -0.15) is 0 Å². The van der Waals surface area contributed by atoms with Gasteiger partial charge in [0.2, 0.25) is 5.91 Å². The van der Waals surface area contributed by atoms with E-state index in [1.54, 1.807) is 0 Å². The molecule has 1 amide bonds. The molecule has 0 aliphatic carbocycles. The molecule has 0 aliphatic heterocycles. The molecule has 0 rings (SSSR count). The minimum atomic E-state index is 0.00796. The molecule has 0 radical (unpaired) electrons. The van der Waals surface area contributed by atoms with Gasteiger partial charge in [0.15, 0.2) is 0 Å². The van der Waals surface area contributed by atoms with E-state index in [2.05, 4.69) is 11.2 Å². The lowest BCUT2D eigenvalue weighted by atomic mass is 10.2. The highest BCUT2D eigenvalue weighted by Gasteiger charge is 1.99. The van der Waals surface area contributed by atoms with Crippen LogP contribution < -0.4 is 11.1 Å². The van der Waals surface area contributed by atoms with Crippen LogP contribution >= 0.6 is 0 Å². The molecule has 0 heterocycles. The highest BCUT2D eigenvalue weighted by atomic mass is 16.1. The van der Waals surface area contributed by atoms with Crippen molar-refractivity contribution in [2.45, 2.75) is 32.2 Å². The summed E-state index contributed by atoms with van der Waals surface area (Å²) in [6.45, 7) is 2.55. The maximum absolute atomic E-state index is 10.9. The van der Waals surface area contributed by atoms with Crippen molar-refractivity contribution in [2.75, 3.05) is 6.54 Å². The van der Waals surface area contributed by atoms with E-state index in [-0.39, 0.29) is 11.9 Å². The molecule has 0 bridgehead atoms. The van der Waals surface area contributed by atoms with Crippen LogP contribution in [0.4, 0.5) is 0 Å². The Labute approximate surface area is 73.7 Å². The van der Waals surface area contributed by atoms with E-state index in [0.717, 1.165) is 6.42 Å². The quantitative estimate of drug-likeness (QED) is 0.578. The molecule has 0 saturated carbocycles. The van der Waals surface area contributed by atoms with Crippen molar-refractivity contribution >= 4 is 5.91 Å². The summed E-state index contributed by atoms with van der Waals surface area (Å²) in [5.74, 6) is 2.42. The summed E-state index contributed by atoms with van der Waals surface area (Å²) in [5.41, 5.74) is 5.50. The molecule has 0 saturated heterocycles. The van der Waals surface area contributed by atoms with E-state index in [4.69, 9.17) is 12.2 Å². The topological polar surface area (TPSA) is 55.1 Å². The van der Waals surface area contributed by atoms with E-state index in [1.807, 2.05) is 6.92 Å². The van der Waals surface area contributed by atoms with Crippen LogP contribution in [-0.2, 0) is 4.79 Å². The Hall–Kier alpha value is -1.01. The molecule has 3 nitrogen and oxygen atoms in total. The van der Waals surface area contributed by atoms with Crippen LogP contribution in [0.15, 0.2) is 0 Å². The standard InChI is InChI=1S/C9H16N2O/c1-3-4-5-9(12)11-7-6-8(2)10/h1,8H,4-7,10H2,2H3,(H,11,12). The molecular formula is C9H16N2O. The first-order valence-corrected chi connectivity index (χ1v) is 4.12. The zero-order chi connectivity index (χ0) is 9.40. The molecule has 3 heteroatoms. The Morgan fingerprint density at radius 2 is 2.42 bits per heavy atom. The number of nitrogens with two attached hydrogens (primary N) is 1. The second-order valence-electron chi connectivity index (χ2n) is 2.82. The molecule has 0 aromatic rings. The molecule has 0 aliphatic rings. The first-order chi connectivity index (χ1) is 5.66. The fourth-order valence-corrected chi connectivity index (χ4v) is 0.713. The highest BCUT2D eigenvalue weighted by Crippen LogP contribution is 1.87. The van der Waals surface area contributed by atoms with E-state index in [1.165, 1.54) is 0 Å². The van der Waals surface area contributed by atoms with Crippen LogP contribution in [0.5, 0.6) is 0 Å². The third-order valence-corrected chi connectivity index (χ3v) is 1.42. The van der Waals surface area contributed by atoms with Gasteiger partial charge < -0.3 is 11.1 Å². The van der Waals surface area contributed by atoms with Gasteiger partial charge in [-0.25, -0.2) is 0 Å². The fourth-order valence-electron chi connectivity index (χ4n) is 0.713. The summed E-state index contributed by atoms with van der Waals surface area (Å²) in [6.07, 6.45) is 6.73. The van der Waals surface area contributed by atoms with Gasteiger partial charge in [0.1, 0.15) is 0 Å². The normalized spacial score (nSPS) is 11.8. The number of amides is 1. The number of hydrogen-bond donors (Lipinski definition) is 2. The summed E-state index contributed by atoms with van der Waals surface area (Å²) >= 11 is 0. The number of carbonyl (C=O) groups is 1. The lowest BCUT2D eigenvalue weighted by Crippen LogP contribution is -2.28. The Bertz CT molecular complexity index is 170. The lowest BCUT2D eigenvalue weighted by molar-refractivity contribution is -0.120. The highest BCUT2D eigenvalue weighted by molar-refractivity contribution is 5.76. The van der Waals surface area contributed by atoms with Crippen LogP contribution in [0.25, 0.3) is 0 Å². The number of rotatable bonds is 5. The second-order valence-corrected chi connectivity index (χ2v) is 2.82. The third-order valence-electron chi connectivity index (χ3n) is 1.42. The van der Waals surface area contributed by atoms with Crippen LogP contribution in [0.3, 0.4) is 0 Å². The van der Waals surface area contributed by atoms with Gasteiger partial charge in [-0.05, 0) is 13.3 Å².